The van der Waals surface area contributed by atoms with Crippen molar-refractivity contribution in [1.29, 1.82) is 0 Å². The summed E-state index contributed by atoms with van der Waals surface area (Å²) in [6.45, 7) is 8.60. The van der Waals surface area contributed by atoms with Gasteiger partial charge in [0.1, 0.15) is 18.6 Å². The summed E-state index contributed by atoms with van der Waals surface area (Å²) in [6, 6.07) is 10.5. The summed E-state index contributed by atoms with van der Waals surface area (Å²) in [7, 11) is 2.19. The Hall–Kier alpha value is -1.61. The van der Waals surface area contributed by atoms with E-state index >= 15 is 0 Å². The molecule has 1 aromatic rings. The normalized spacial score (nSPS) is 37.6. The van der Waals surface area contributed by atoms with E-state index in [1.807, 2.05) is 6.07 Å². The fourth-order valence-electron chi connectivity index (χ4n) is 5.88. The van der Waals surface area contributed by atoms with Crippen LogP contribution in [0.15, 0.2) is 42.5 Å². The molecule has 0 amide bonds. The lowest BCUT2D eigenvalue weighted by Gasteiger charge is -2.50. The quantitative estimate of drug-likeness (QED) is 0.666. The standard InChI is InChI=1S/C23H31NO2/c1-16-8-7-11-23(2)13-21-18(12-20(16)23)19(22(25)26-21)15-24(3)14-17-9-5-4-6-10-17/h4-6,9-10,18-21H,1,7-8,11-15H2,2-3H3/p+1/t18-,19-,20+,21+,23-/m0/s1. The van der Waals surface area contributed by atoms with Crippen molar-refractivity contribution < 1.29 is 14.4 Å². The predicted octanol–water partition coefficient (Wildman–Crippen LogP) is 3.02. The highest BCUT2D eigenvalue weighted by Gasteiger charge is 2.55. The van der Waals surface area contributed by atoms with Gasteiger partial charge in [-0.2, -0.15) is 0 Å². The SMILES string of the molecule is C=C1CCC[C@@]2(C)C[C@H]3OC(=O)[C@@H](C[NH+](C)Cc4ccccc4)[C@@H]3C[C@H]12. The summed E-state index contributed by atoms with van der Waals surface area (Å²) in [4.78, 5) is 14.0. The molecule has 26 heavy (non-hydrogen) atoms. The van der Waals surface area contributed by atoms with Crippen LogP contribution >= 0.6 is 0 Å². The van der Waals surface area contributed by atoms with Crippen LogP contribution in [0.5, 0.6) is 0 Å². The Balaban J connectivity index is 1.46. The van der Waals surface area contributed by atoms with Gasteiger partial charge in [0.25, 0.3) is 0 Å². The monoisotopic (exact) mass is 354 g/mol. The number of benzene rings is 1. The van der Waals surface area contributed by atoms with E-state index in [1.165, 1.54) is 28.9 Å². The maximum absolute atomic E-state index is 12.7. The van der Waals surface area contributed by atoms with Crippen LogP contribution < -0.4 is 4.90 Å². The lowest BCUT2D eigenvalue weighted by Crippen LogP contribution is -3.08. The summed E-state index contributed by atoms with van der Waals surface area (Å²) in [6.07, 6.45) is 5.91. The zero-order valence-corrected chi connectivity index (χ0v) is 16.2. The summed E-state index contributed by atoms with van der Waals surface area (Å²) in [5.41, 5.74) is 3.03. The molecule has 1 aromatic carbocycles. The van der Waals surface area contributed by atoms with E-state index in [0.717, 1.165) is 32.4 Å². The second-order valence-electron chi connectivity index (χ2n) is 9.23. The lowest BCUT2D eigenvalue weighted by molar-refractivity contribution is -0.896. The molecule has 0 radical (unpaired) electrons. The number of allylic oxidation sites excluding steroid dienone is 1. The van der Waals surface area contributed by atoms with Gasteiger partial charge in [0.2, 0.25) is 0 Å². The molecular formula is C23H32NO2+. The number of ether oxygens (including phenoxy) is 1. The molecule has 0 bridgehead atoms. The highest BCUT2D eigenvalue weighted by atomic mass is 16.6. The van der Waals surface area contributed by atoms with E-state index in [-0.39, 0.29) is 23.4 Å². The highest BCUT2D eigenvalue weighted by molar-refractivity contribution is 5.75. The van der Waals surface area contributed by atoms with Crippen molar-refractivity contribution in [2.75, 3.05) is 13.6 Å². The second kappa shape index (κ2) is 6.84. The Morgan fingerprint density at radius 1 is 1.31 bits per heavy atom. The van der Waals surface area contributed by atoms with Crippen molar-refractivity contribution in [1.82, 2.24) is 0 Å². The summed E-state index contributed by atoms with van der Waals surface area (Å²) in [5.74, 6) is 1.04. The van der Waals surface area contributed by atoms with E-state index < -0.39 is 0 Å². The lowest BCUT2D eigenvalue weighted by atomic mass is 9.55. The maximum Gasteiger partial charge on any atom is 0.315 e. The van der Waals surface area contributed by atoms with Gasteiger partial charge in [-0.1, -0.05) is 49.4 Å². The molecule has 2 aliphatic carbocycles. The van der Waals surface area contributed by atoms with Gasteiger partial charge >= 0.3 is 5.97 Å². The minimum atomic E-state index is 0.0419. The largest absolute Gasteiger partial charge is 0.462 e. The molecule has 3 nitrogen and oxygen atoms in total. The van der Waals surface area contributed by atoms with Crippen molar-refractivity contribution in [3.8, 4) is 0 Å². The molecular weight excluding hydrogens is 322 g/mol. The van der Waals surface area contributed by atoms with Gasteiger partial charge in [-0.3, -0.25) is 4.79 Å². The number of fused-ring (bicyclic) bond motifs is 2. The molecule has 140 valence electrons. The maximum atomic E-state index is 12.7. The van der Waals surface area contributed by atoms with Gasteiger partial charge < -0.3 is 9.64 Å². The zero-order chi connectivity index (χ0) is 18.3. The van der Waals surface area contributed by atoms with Crippen LogP contribution in [0.1, 0.15) is 44.6 Å². The Labute approximate surface area is 157 Å². The van der Waals surface area contributed by atoms with Crippen LogP contribution in [-0.4, -0.2) is 25.7 Å². The van der Waals surface area contributed by atoms with E-state index in [2.05, 4.69) is 44.8 Å². The summed E-state index contributed by atoms with van der Waals surface area (Å²) >= 11 is 0. The van der Waals surface area contributed by atoms with Gasteiger partial charge in [0.15, 0.2) is 0 Å². The molecule has 4 rings (SSSR count). The van der Waals surface area contributed by atoms with Crippen molar-refractivity contribution in [3.05, 3.63) is 48.0 Å². The average Bonchev–Trinajstić information content (AvgIpc) is 2.88. The Bertz CT molecular complexity index is 685. The fourth-order valence-corrected chi connectivity index (χ4v) is 5.88. The Morgan fingerprint density at radius 3 is 2.85 bits per heavy atom. The number of esters is 1. The van der Waals surface area contributed by atoms with Crippen LogP contribution in [0.4, 0.5) is 0 Å². The zero-order valence-electron chi connectivity index (χ0n) is 16.2. The van der Waals surface area contributed by atoms with Gasteiger partial charge in [-0.25, -0.2) is 0 Å². The number of carbonyl (C=O) groups is 1. The van der Waals surface area contributed by atoms with E-state index in [9.17, 15) is 4.79 Å². The Kier molecular flexibility index (Phi) is 4.68. The van der Waals surface area contributed by atoms with Crippen LogP contribution in [0.3, 0.4) is 0 Å². The number of hydrogen-bond acceptors (Lipinski definition) is 2. The van der Waals surface area contributed by atoms with E-state index in [0.29, 0.717) is 11.8 Å². The number of quaternary nitrogens is 1. The third-order valence-electron chi connectivity index (χ3n) is 7.24. The number of hydrogen-bond donors (Lipinski definition) is 1. The van der Waals surface area contributed by atoms with Crippen LogP contribution in [0.2, 0.25) is 0 Å². The molecule has 1 saturated heterocycles. The van der Waals surface area contributed by atoms with Crippen molar-refractivity contribution in [2.24, 2.45) is 23.2 Å². The topological polar surface area (TPSA) is 30.7 Å². The van der Waals surface area contributed by atoms with E-state index in [4.69, 9.17) is 4.74 Å². The number of rotatable bonds is 4. The Morgan fingerprint density at radius 2 is 2.08 bits per heavy atom. The molecule has 1 unspecified atom stereocenters. The summed E-state index contributed by atoms with van der Waals surface area (Å²) in [5, 5.41) is 0. The molecule has 3 fully saturated rings. The van der Waals surface area contributed by atoms with Crippen molar-refractivity contribution in [2.45, 2.75) is 51.7 Å². The van der Waals surface area contributed by atoms with E-state index in [1.54, 1.807) is 0 Å². The smallest absolute Gasteiger partial charge is 0.315 e. The van der Waals surface area contributed by atoms with Gasteiger partial charge in [0, 0.05) is 11.5 Å². The second-order valence-corrected chi connectivity index (χ2v) is 9.23. The van der Waals surface area contributed by atoms with Crippen LogP contribution in [0, 0.1) is 23.2 Å². The minimum absolute atomic E-state index is 0.0419. The molecule has 3 aliphatic rings. The predicted molar refractivity (Wildman–Crippen MR) is 103 cm³/mol. The van der Waals surface area contributed by atoms with Gasteiger partial charge in [-0.05, 0) is 43.4 Å². The van der Waals surface area contributed by atoms with Gasteiger partial charge in [-0.15, -0.1) is 0 Å². The molecule has 6 atom stereocenters. The van der Waals surface area contributed by atoms with Crippen LogP contribution in [0.25, 0.3) is 0 Å². The molecule has 3 heteroatoms. The molecule has 0 spiro atoms. The molecule has 2 saturated carbocycles. The third kappa shape index (κ3) is 3.22. The molecule has 0 aromatic heterocycles. The third-order valence-corrected chi connectivity index (χ3v) is 7.24. The molecule has 1 aliphatic heterocycles. The minimum Gasteiger partial charge on any atom is -0.462 e. The van der Waals surface area contributed by atoms with Gasteiger partial charge in [0.05, 0.1) is 13.6 Å². The fraction of sp³-hybridized carbons (Fsp3) is 0.609. The average molecular weight is 355 g/mol. The first-order valence-electron chi connectivity index (χ1n) is 10.2. The number of carbonyl (C=O) groups excluding carboxylic acids is 1. The first-order chi connectivity index (χ1) is 12.5. The first kappa shape index (κ1) is 17.8. The molecule has 1 heterocycles. The first-order valence-corrected chi connectivity index (χ1v) is 10.2. The molecule has 1 N–H and O–H groups in total. The number of nitrogens with one attached hydrogen (secondary N) is 1. The van der Waals surface area contributed by atoms with Crippen LogP contribution in [-0.2, 0) is 16.1 Å². The van der Waals surface area contributed by atoms with Crippen molar-refractivity contribution >= 4 is 5.97 Å². The highest BCUT2D eigenvalue weighted by Crippen LogP contribution is 2.56. The summed E-state index contributed by atoms with van der Waals surface area (Å²) < 4.78 is 5.90. The van der Waals surface area contributed by atoms with Crippen molar-refractivity contribution in [3.63, 3.8) is 0 Å².